The molecule has 0 unspecified atom stereocenters. The van der Waals surface area contributed by atoms with Gasteiger partial charge in [0.2, 0.25) is 5.43 Å². The summed E-state index contributed by atoms with van der Waals surface area (Å²) in [7, 11) is 1.64. The molecule has 2 heterocycles. The van der Waals surface area contributed by atoms with Crippen molar-refractivity contribution in [3.63, 3.8) is 0 Å². The molecule has 0 atom stereocenters. The fourth-order valence-electron chi connectivity index (χ4n) is 4.30. The number of benzene rings is 1. The average Bonchev–Trinajstić information content (AvgIpc) is 3.12. The van der Waals surface area contributed by atoms with E-state index in [-0.39, 0.29) is 22.1 Å². The van der Waals surface area contributed by atoms with Crippen LogP contribution < -0.4 is 10.2 Å². The molecule has 0 spiro atoms. The number of pyridine rings is 1. The zero-order chi connectivity index (χ0) is 22.1. The van der Waals surface area contributed by atoms with Gasteiger partial charge in [-0.1, -0.05) is 19.1 Å². The van der Waals surface area contributed by atoms with Crippen LogP contribution in [0.4, 0.5) is 0 Å². The Morgan fingerprint density at radius 1 is 1.10 bits per heavy atom. The number of rotatable bonds is 7. The van der Waals surface area contributed by atoms with Crippen molar-refractivity contribution in [1.29, 1.82) is 0 Å². The summed E-state index contributed by atoms with van der Waals surface area (Å²) in [5.74, 6) is 0.613. The van der Waals surface area contributed by atoms with E-state index in [1.807, 2.05) is 39.7 Å². The Labute approximate surface area is 176 Å². The number of hydrogen-bond donors (Lipinski definition) is 1. The second kappa shape index (κ2) is 7.97. The largest absolute Gasteiger partial charge is 0.503 e. The molecule has 0 saturated carbocycles. The number of aromatic hydroxyl groups is 1. The minimum atomic E-state index is -0.354. The van der Waals surface area contributed by atoms with Gasteiger partial charge in [-0.3, -0.25) is 9.48 Å². The standard InChI is InChI=1S/C23H30N4O3/c1-16-21(29)20(28)11-12-27(16)23(4,5)14-22(2,3)15-26-13-19(24-25-26)17-7-9-18(30-6)10-8-17/h7-13,29H,14-15H2,1-6H3. The first-order valence-electron chi connectivity index (χ1n) is 9.99. The van der Waals surface area contributed by atoms with Gasteiger partial charge in [0.25, 0.3) is 0 Å². The van der Waals surface area contributed by atoms with Crippen molar-refractivity contribution in [3.05, 3.63) is 58.6 Å². The van der Waals surface area contributed by atoms with Crippen molar-refractivity contribution in [3.8, 4) is 22.8 Å². The third-order valence-electron chi connectivity index (χ3n) is 5.39. The van der Waals surface area contributed by atoms with Gasteiger partial charge in [0.15, 0.2) is 5.75 Å². The summed E-state index contributed by atoms with van der Waals surface area (Å²) in [6.07, 6.45) is 4.51. The lowest BCUT2D eigenvalue weighted by atomic mass is 9.79. The number of nitrogens with zero attached hydrogens (tertiary/aromatic N) is 4. The molecule has 3 aromatic rings. The van der Waals surface area contributed by atoms with Crippen LogP contribution in [0.15, 0.2) is 47.5 Å². The van der Waals surface area contributed by atoms with E-state index in [0.717, 1.165) is 23.4 Å². The lowest BCUT2D eigenvalue weighted by Crippen LogP contribution is -2.36. The molecule has 0 fully saturated rings. The first-order valence-corrected chi connectivity index (χ1v) is 9.99. The predicted octanol–water partition coefficient (Wildman–Crippen LogP) is 3.98. The van der Waals surface area contributed by atoms with Gasteiger partial charge in [-0.2, -0.15) is 0 Å². The van der Waals surface area contributed by atoms with E-state index < -0.39 is 0 Å². The highest BCUT2D eigenvalue weighted by Gasteiger charge is 2.32. The van der Waals surface area contributed by atoms with Crippen molar-refractivity contribution in [1.82, 2.24) is 19.6 Å². The van der Waals surface area contributed by atoms with E-state index in [0.29, 0.717) is 12.2 Å². The third-order valence-corrected chi connectivity index (χ3v) is 5.39. The van der Waals surface area contributed by atoms with Crippen molar-refractivity contribution < 1.29 is 9.84 Å². The fraction of sp³-hybridized carbons (Fsp3) is 0.435. The molecule has 2 aromatic heterocycles. The van der Waals surface area contributed by atoms with Crippen molar-refractivity contribution >= 4 is 0 Å². The highest BCUT2D eigenvalue weighted by Crippen LogP contribution is 2.35. The molecule has 7 heteroatoms. The molecule has 0 saturated heterocycles. The maximum atomic E-state index is 11.7. The number of aromatic nitrogens is 4. The molecule has 0 bridgehead atoms. The van der Waals surface area contributed by atoms with Gasteiger partial charge < -0.3 is 14.4 Å². The fourth-order valence-corrected chi connectivity index (χ4v) is 4.30. The molecular formula is C23H30N4O3. The number of ether oxygens (including phenoxy) is 1. The smallest absolute Gasteiger partial charge is 0.223 e. The van der Waals surface area contributed by atoms with Gasteiger partial charge in [0, 0.05) is 29.9 Å². The van der Waals surface area contributed by atoms with E-state index in [4.69, 9.17) is 4.74 Å². The molecule has 1 aromatic carbocycles. The predicted molar refractivity (Wildman–Crippen MR) is 117 cm³/mol. The lowest BCUT2D eigenvalue weighted by molar-refractivity contribution is 0.164. The molecule has 1 N–H and O–H groups in total. The van der Waals surface area contributed by atoms with E-state index in [1.165, 1.54) is 6.07 Å². The van der Waals surface area contributed by atoms with Crippen molar-refractivity contribution in [2.24, 2.45) is 5.41 Å². The molecular weight excluding hydrogens is 380 g/mol. The zero-order valence-electron chi connectivity index (χ0n) is 18.5. The lowest BCUT2D eigenvalue weighted by Gasteiger charge is -2.38. The molecule has 3 rings (SSSR count). The highest BCUT2D eigenvalue weighted by molar-refractivity contribution is 5.58. The summed E-state index contributed by atoms with van der Waals surface area (Å²) in [4.78, 5) is 11.7. The molecule has 0 amide bonds. The van der Waals surface area contributed by atoms with Crippen LogP contribution in [-0.2, 0) is 12.1 Å². The van der Waals surface area contributed by atoms with E-state index in [1.54, 1.807) is 20.2 Å². The minimum absolute atomic E-state index is 0.112. The monoisotopic (exact) mass is 410 g/mol. The van der Waals surface area contributed by atoms with Crippen LogP contribution in [-0.4, -0.2) is 31.8 Å². The zero-order valence-corrected chi connectivity index (χ0v) is 18.5. The SMILES string of the molecule is COc1ccc(-c2cn(CC(C)(C)CC(C)(C)n3ccc(=O)c(O)c3C)nn2)cc1. The summed E-state index contributed by atoms with van der Waals surface area (Å²) >= 11 is 0. The minimum Gasteiger partial charge on any atom is -0.503 e. The maximum absolute atomic E-state index is 11.7. The Morgan fingerprint density at radius 2 is 1.77 bits per heavy atom. The Kier molecular flexibility index (Phi) is 5.74. The van der Waals surface area contributed by atoms with Gasteiger partial charge >= 0.3 is 0 Å². The Bertz CT molecular complexity index is 1080. The quantitative estimate of drug-likeness (QED) is 0.637. The summed E-state index contributed by atoms with van der Waals surface area (Å²) in [5, 5.41) is 18.7. The van der Waals surface area contributed by atoms with E-state index in [2.05, 4.69) is 38.0 Å². The summed E-state index contributed by atoms with van der Waals surface area (Å²) in [5.41, 5.74) is 1.60. The Morgan fingerprint density at radius 3 is 2.40 bits per heavy atom. The van der Waals surface area contributed by atoms with Crippen molar-refractivity contribution in [2.75, 3.05) is 7.11 Å². The van der Waals surface area contributed by atoms with E-state index >= 15 is 0 Å². The van der Waals surface area contributed by atoms with Gasteiger partial charge in [0.05, 0.1) is 19.0 Å². The first kappa shape index (κ1) is 21.6. The van der Waals surface area contributed by atoms with Crippen LogP contribution >= 0.6 is 0 Å². The number of methoxy groups -OCH3 is 1. The molecule has 0 aliphatic heterocycles. The summed E-state index contributed by atoms with van der Waals surface area (Å²) in [6.45, 7) is 11.0. The summed E-state index contributed by atoms with van der Waals surface area (Å²) in [6, 6.07) is 9.15. The first-order chi connectivity index (χ1) is 14.0. The Hall–Kier alpha value is -3.09. The topological polar surface area (TPSA) is 82.2 Å². The van der Waals surface area contributed by atoms with Crippen LogP contribution in [0.5, 0.6) is 11.5 Å². The van der Waals surface area contributed by atoms with Crippen LogP contribution in [0.25, 0.3) is 11.3 Å². The van der Waals surface area contributed by atoms with Gasteiger partial charge in [-0.05, 0) is 56.9 Å². The summed E-state index contributed by atoms with van der Waals surface area (Å²) < 4.78 is 9.04. The molecule has 0 radical (unpaired) electrons. The maximum Gasteiger partial charge on any atom is 0.223 e. The molecule has 30 heavy (non-hydrogen) atoms. The van der Waals surface area contributed by atoms with Crippen LogP contribution in [0.1, 0.15) is 39.8 Å². The Balaban J connectivity index is 1.77. The van der Waals surface area contributed by atoms with Crippen LogP contribution in [0.2, 0.25) is 0 Å². The van der Waals surface area contributed by atoms with Crippen LogP contribution in [0.3, 0.4) is 0 Å². The molecule has 0 aliphatic rings. The molecule has 160 valence electrons. The van der Waals surface area contributed by atoms with Gasteiger partial charge in [-0.25, -0.2) is 0 Å². The molecule has 0 aliphatic carbocycles. The molecule has 7 nitrogen and oxygen atoms in total. The van der Waals surface area contributed by atoms with Crippen molar-refractivity contribution in [2.45, 2.75) is 53.1 Å². The second-order valence-corrected chi connectivity index (χ2v) is 9.17. The van der Waals surface area contributed by atoms with Gasteiger partial charge in [0.1, 0.15) is 11.4 Å². The highest BCUT2D eigenvalue weighted by atomic mass is 16.5. The number of hydrogen-bond acceptors (Lipinski definition) is 5. The van der Waals surface area contributed by atoms with Crippen LogP contribution in [0, 0.1) is 12.3 Å². The third kappa shape index (κ3) is 4.56. The van der Waals surface area contributed by atoms with Gasteiger partial charge in [-0.15, -0.1) is 5.10 Å². The normalized spacial score (nSPS) is 12.2. The average molecular weight is 411 g/mol. The second-order valence-electron chi connectivity index (χ2n) is 9.17. The van der Waals surface area contributed by atoms with E-state index in [9.17, 15) is 9.90 Å².